The van der Waals surface area contributed by atoms with Gasteiger partial charge in [0.05, 0.1) is 0 Å². The third-order valence-corrected chi connectivity index (χ3v) is 4.26. The quantitative estimate of drug-likeness (QED) is 0.719. The molecule has 0 bridgehead atoms. The molecule has 0 amide bonds. The van der Waals surface area contributed by atoms with Gasteiger partial charge >= 0.3 is 0 Å². The Kier molecular flexibility index (Phi) is 6.82. The van der Waals surface area contributed by atoms with Gasteiger partial charge in [0, 0.05) is 31.7 Å². The molecular weight excluding hydrogens is 280 g/mol. The highest BCUT2D eigenvalue weighted by atomic mass is 15.2. The summed E-state index contributed by atoms with van der Waals surface area (Å²) in [4.78, 5) is 2.52. The van der Waals surface area contributed by atoms with Crippen molar-refractivity contribution in [2.75, 3.05) is 13.1 Å². The van der Waals surface area contributed by atoms with E-state index in [1.807, 2.05) is 0 Å². The maximum Gasteiger partial charge on any atom is 0.0206 e. The molecule has 23 heavy (non-hydrogen) atoms. The minimum Gasteiger partial charge on any atom is -0.311 e. The van der Waals surface area contributed by atoms with Crippen LogP contribution in [-0.4, -0.2) is 30.1 Å². The molecule has 0 heterocycles. The SMILES string of the molecule is CC(C)N(CCNCc1ccc(-c2ccccc2)cc1)C(C)C. The number of nitrogens with one attached hydrogen (secondary N) is 1. The Morgan fingerprint density at radius 3 is 1.91 bits per heavy atom. The molecule has 0 aliphatic carbocycles. The largest absolute Gasteiger partial charge is 0.311 e. The summed E-state index contributed by atoms with van der Waals surface area (Å²) in [6.07, 6.45) is 0. The zero-order valence-electron chi connectivity index (χ0n) is 14.9. The molecule has 0 atom stereocenters. The van der Waals surface area contributed by atoms with E-state index in [0.29, 0.717) is 12.1 Å². The smallest absolute Gasteiger partial charge is 0.0206 e. The first-order chi connectivity index (χ1) is 11.1. The summed E-state index contributed by atoms with van der Waals surface area (Å²) in [7, 11) is 0. The summed E-state index contributed by atoms with van der Waals surface area (Å²) in [6.45, 7) is 12.1. The second-order valence-electron chi connectivity index (χ2n) is 6.67. The first-order valence-corrected chi connectivity index (χ1v) is 8.68. The van der Waals surface area contributed by atoms with E-state index in [4.69, 9.17) is 0 Å². The van der Waals surface area contributed by atoms with Gasteiger partial charge in [-0.25, -0.2) is 0 Å². The highest BCUT2D eigenvalue weighted by Crippen LogP contribution is 2.19. The standard InChI is InChI=1S/C21H30N2/c1-17(2)23(18(3)4)15-14-22-16-19-10-12-21(13-11-19)20-8-6-5-7-9-20/h5-13,17-18,22H,14-16H2,1-4H3. The Bertz CT molecular complexity index is 550. The molecule has 2 aromatic rings. The maximum absolute atomic E-state index is 3.56. The Balaban J connectivity index is 1.81. The van der Waals surface area contributed by atoms with Gasteiger partial charge in [-0.15, -0.1) is 0 Å². The van der Waals surface area contributed by atoms with E-state index in [0.717, 1.165) is 19.6 Å². The molecule has 0 fully saturated rings. The van der Waals surface area contributed by atoms with Crippen LogP contribution in [0.4, 0.5) is 0 Å². The fourth-order valence-electron chi connectivity index (χ4n) is 3.00. The van der Waals surface area contributed by atoms with Gasteiger partial charge in [-0.05, 0) is 44.4 Å². The fraction of sp³-hybridized carbons (Fsp3) is 0.429. The molecule has 0 aliphatic rings. The molecule has 2 rings (SSSR count). The highest BCUT2D eigenvalue weighted by Gasteiger charge is 2.11. The average molecular weight is 310 g/mol. The lowest BCUT2D eigenvalue weighted by Gasteiger charge is -2.30. The van der Waals surface area contributed by atoms with E-state index in [-0.39, 0.29) is 0 Å². The monoisotopic (exact) mass is 310 g/mol. The second kappa shape index (κ2) is 8.85. The third-order valence-electron chi connectivity index (χ3n) is 4.26. The number of rotatable bonds is 8. The van der Waals surface area contributed by atoms with Crippen molar-refractivity contribution in [2.24, 2.45) is 0 Å². The van der Waals surface area contributed by atoms with E-state index in [2.05, 4.69) is 92.5 Å². The summed E-state index contributed by atoms with van der Waals surface area (Å²) in [5.41, 5.74) is 3.89. The highest BCUT2D eigenvalue weighted by molar-refractivity contribution is 5.63. The zero-order valence-corrected chi connectivity index (χ0v) is 14.9. The second-order valence-corrected chi connectivity index (χ2v) is 6.67. The Morgan fingerprint density at radius 1 is 0.783 bits per heavy atom. The predicted octanol–water partition coefficient (Wildman–Crippen LogP) is 4.56. The first kappa shape index (κ1) is 17.7. The molecule has 0 saturated heterocycles. The lowest BCUT2D eigenvalue weighted by atomic mass is 10.0. The molecular formula is C21H30N2. The topological polar surface area (TPSA) is 15.3 Å². The molecule has 0 unspecified atom stereocenters. The molecule has 2 nitrogen and oxygen atoms in total. The van der Waals surface area contributed by atoms with Crippen LogP contribution >= 0.6 is 0 Å². The van der Waals surface area contributed by atoms with Gasteiger partial charge in [0.1, 0.15) is 0 Å². The van der Waals surface area contributed by atoms with E-state index < -0.39 is 0 Å². The number of nitrogens with zero attached hydrogens (tertiary/aromatic N) is 1. The van der Waals surface area contributed by atoms with Crippen LogP contribution in [-0.2, 0) is 6.54 Å². The molecule has 124 valence electrons. The van der Waals surface area contributed by atoms with Crippen molar-refractivity contribution in [1.29, 1.82) is 0 Å². The summed E-state index contributed by atoms with van der Waals surface area (Å²) >= 11 is 0. The molecule has 2 aromatic carbocycles. The average Bonchev–Trinajstić information content (AvgIpc) is 2.55. The summed E-state index contributed by atoms with van der Waals surface area (Å²) in [5.74, 6) is 0. The number of hydrogen-bond acceptors (Lipinski definition) is 2. The van der Waals surface area contributed by atoms with Crippen molar-refractivity contribution in [3.8, 4) is 11.1 Å². The first-order valence-electron chi connectivity index (χ1n) is 8.68. The van der Waals surface area contributed by atoms with E-state index in [9.17, 15) is 0 Å². The van der Waals surface area contributed by atoms with E-state index in [1.54, 1.807) is 0 Å². The Hall–Kier alpha value is -1.64. The third kappa shape index (κ3) is 5.49. The lowest BCUT2D eigenvalue weighted by Crippen LogP contribution is -2.41. The van der Waals surface area contributed by atoms with Crippen LogP contribution in [0.5, 0.6) is 0 Å². The number of hydrogen-bond donors (Lipinski definition) is 1. The van der Waals surface area contributed by atoms with Crippen LogP contribution in [0.3, 0.4) is 0 Å². The lowest BCUT2D eigenvalue weighted by molar-refractivity contribution is 0.176. The van der Waals surface area contributed by atoms with Gasteiger partial charge < -0.3 is 5.32 Å². The van der Waals surface area contributed by atoms with Crippen molar-refractivity contribution >= 4 is 0 Å². The fourth-order valence-corrected chi connectivity index (χ4v) is 3.00. The summed E-state index contributed by atoms with van der Waals surface area (Å²) in [6, 6.07) is 20.6. The predicted molar refractivity (Wildman–Crippen MR) is 101 cm³/mol. The number of benzene rings is 2. The van der Waals surface area contributed by atoms with Crippen molar-refractivity contribution in [1.82, 2.24) is 10.2 Å². The molecule has 2 heteroatoms. The van der Waals surface area contributed by atoms with E-state index in [1.165, 1.54) is 16.7 Å². The molecule has 0 spiro atoms. The molecule has 0 aliphatic heterocycles. The van der Waals surface area contributed by atoms with Gasteiger partial charge in [0.15, 0.2) is 0 Å². The molecule has 0 saturated carbocycles. The van der Waals surface area contributed by atoms with E-state index >= 15 is 0 Å². The van der Waals surface area contributed by atoms with Crippen LogP contribution in [0, 0.1) is 0 Å². The van der Waals surface area contributed by atoms with Gasteiger partial charge in [-0.2, -0.15) is 0 Å². The van der Waals surface area contributed by atoms with Crippen molar-refractivity contribution in [2.45, 2.75) is 46.3 Å². The van der Waals surface area contributed by atoms with Gasteiger partial charge in [0.2, 0.25) is 0 Å². The van der Waals surface area contributed by atoms with Crippen molar-refractivity contribution < 1.29 is 0 Å². The summed E-state index contributed by atoms with van der Waals surface area (Å²) in [5, 5.41) is 3.56. The summed E-state index contributed by atoms with van der Waals surface area (Å²) < 4.78 is 0. The Morgan fingerprint density at radius 2 is 1.35 bits per heavy atom. The van der Waals surface area contributed by atoms with Crippen molar-refractivity contribution in [3.05, 3.63) is 60.2 Å². The molecule has 0 radical (unpaired) electrons. The van der Waals surface area contributed by atoms with Crippen LogP contribution in [0.15, 0.2) is 54.6 Å². The minimum atomic E-state index is 0.599. The minimum absolute atomic E-state index is 0.599. The van der Waals surface area contributed by atoms with Crippen LogP contribution in [0.1, 0.15) is 33.3 Å². The van der Waals surface area contributed by atoms with Gasteiger partial charge in [-0.1, -0.05) is 54.6 Å². The van der Waals surface area contributed by atoms with Crippen LogP contribution in [0.25, 0.3) is 11.1 Å². The van der Waals surface area contributed by atoms with Crippen LogP contribution in [0.2, 0.25) is 0 Å². The zero-order chi connectivity index (χ0) is 16.7. The van der Waals surface area contributed by atoms with Crippen molar-refractivity contribution in [3.63, 3.8) is 0 Å². The maximum atomic E-state index is 3.56. The molecule has 0 aromatic heterocycles. The van der Waals surface area contributed by atoms with Gasteiger partial charge in [-0.3, -0.25) is 4.90 Å². The normalized spacial score (nSPS) is 11.6. The molecule has 1 N–H and O–H groups in total. The Labute approximate surface area is 141 Å². The van der Waals surface area contributed by atoms with Crippen LogP contribution < -0.4 is 5.32 Å². The van der Waals surface area contributed by atoms with Gasteiger partial charge in [0.25, 0.3) is 0 Å².